The molecular weight excluding hydrogens is 350 g/mol. The van der Waals surface area contributed by atoms with Gasteiger partial charge in [-0.25, -0.2) is 9.97 Å². The molecular formula is C18H27N5O4. The van der Waals surface area contributed by atoms with Gasteiger partial charge < -0.3 is 34.9 Å². The Hall–Kier alpha value is -2.78. The smallest absolute Gasteiger partial charge is 0.159 e. The first-order valence-corrected chi connectivity index (χ1v) is 8.46. The molecule has 0 atom stereocenters. The van der Waals surface area contributed by atoms with Gasteiger partial charge in [0.25, 0.3) is 0 Å². The summed E-state index contributed by atoms with van der Waals surface area (Å²) in [7, 11) is 6.50. The number of ether oxygens (including phenoxy) is 4. The highest BCUT2D eigenvalue weighted by atomic mass is 16.5. The van der Waals surface area contributed by atoms with Gasteiger partial charge in [0, 0.05) is 33.4 Å². The zero-order chi connectivity index (χ0) is 19.6. The van der Waals surface area contributed by atoms with Crippen molar-refractivity contribution >= 4 is 23.0 Å². The van der Waals surface area contributed by atoms with E-state index in [-0.39, 0.29) is 0 Å². The Morgan fingerprint density at radius 1 is 1.00 bits per heavy atom. The molecule has 2 rings (SSSR count). The van der Waals surface area contributed by atoms with Crippen LogP contribution in [0, 0.1) is 0 Å². The quantitative estimate of drug-likeness (QED) is 0.607. The van der Waals surface area contributed by atoms with Crippen LogP contribution in [0.1, 0.15) is 0 Å². The van der Waals surface area contributed by atoms with E-state index in [1.807, 2.05) is 17.0 Å². The standard InChI is InChI=1S/C18H27N5O4/c1-24-9-7-23(8-10-25-2)18-16(19)17(20-12-21-18)22-14-6-5-13(26-3)11-15(14)27-4/h5-6,11-12H,7-10,19H2,1-4H3,(H,20,21,22). The maximum Gasteiger partial charge on any atom is 0.159 e. The molecule has 0 aliphatic rings. The Balaban J connectivity index is 2.30. The van der Waals surface area contributed by atoms with Crippen LogP contribution in [0.3, 0.4) is 0 Å². The number of nitrogens with one attached hydrogen (secondary N) is 1. The van der Waals surface area contributed by atoms with Crippen molar-refractivity contribution in [3.8, 4) is 11.5 Å². The van der Waals surface area contributed by atoms with Crippen LogP contribution in [0.5, 0.6) is 11.5 Å². The Labute approximate surface area is 159 Å². The van der Waals surface area contributed by atoms with Crippen LogP contribution in [-0.4, -0.2) is 64.7 Å². The van der Waals surface area contributed by atoms with Crippen LogP contribution >= 0.6 is 0 Å². The van der Waals surface area contributed by atoms with Gasteiger partial charge in [-0.15, -0.1) is 0 Å². The summed E-state index contributed by atoms with van der Waals surface area (Å²) >= 11 is 0. The normalized spacial score (nSPS) is 10.5. The largest absolute Gasteiger partial charge is 0.497 e. The second-order valence-corrected chi connectivity index (χ2v) is 5.62. The fourth-order valence-electron chi connectivity index (χ4n) is 2.49. The van der Waals surface area contributed by atoms with Crippen molar-refractivity contribution in [1.82, 2.24) is 9.97 Å². The summed E-state index contributed by atoms with van der Waals surface area (Å²) in [4.78, 5) is 10.6. The number of hydrogen-bond acceptors (Lipinski definition) is 9. The van der Waals surface area contributed by atoms with Crippen molar-refractivity contribution in [2.45, 2.75) is 0 Å². The van der Waals surface area contributed by atoms with E-state index in [4.69, 9.17) is 24.7 Å². The number of aromatic nitrogens is 2. The predicted octanol–water partition coefficient (Wildman–Crippen LogP) is 1.92. The molecule has 148 valence electrons. The summed E-state index contributed by atoms with van der Waals surface area (Å²) in [5.74, 6) is 2.42. The first-order chi connectivity index (χ1) is 13.1. The minimum absolute atomic E-state index is 0.433. The van der Waals surface area contributed by atoms with E-state index < -0.39 is 0 Å². The topological polar surface area (TPSA) is 104 Å². The number of nitrogen functional groups attached to an aromatic ring is 1. The number of hydrogen-bond donors (Lipinski definition) is 2. The molecule has 1 aromatic heterocycles. The van der Waals surface area contributed by atoms with Crippen LogP contribution < -0.4 is 25.4 Å². The van der Waals surface area contributed by atoms with Gasteiger partial charge in [-0.3, -0.25) is 0 Å². The van der Waals surface area contributed by atoms with Gasteiger partial charge in [0.15, 0.2) is 11.6 Å². The molecule has 0 saturated heterocycles. The van der Waals surface area contributed by atoms with Crippen molar-refractivity contribution in [3.63, 3.8) is 0 Å². The van der Waals surface area contributed by atoms with Crippen LogP contribution in [0.25, 0.3) is 0 Å². The average molecular weight is 377 g/mol. The second kappa shape index (κ2) is 10.4. The van der Waals surface area contributed by atoms with Gasteiger partial charge in [-0.05, 0) is 12.1 Å². The van der Waals surface area contributed by atoms with Crippen molar-refractivity contribution in [2.24, 2.45) is 0 Å². The van der Waals surface area contributed by atoms with Crippen molar-refractivity contribution < 1.29 is 18.9 Å². The zero-order valence-corrected chi connectivity index (χ0v) is 16.2. The van der Waals surface area contributed by atoms with E-state index in [2.05, 4.69) is 15.3 Å². The molecule has 0 unspecified atom stereocenters. The molecule has 27 heavy (non-hydrogen) atoms. The molecule has 1 aromatic carbocycles. The van der Waals surface area contributed by atoms with Crippen LogP contribution in [0.15, 0.2) is 24.5 Å². The number of nitrogens with two attached hydrogens (primary N) is 1. The van der Waals surface area contributed by atoms with Gasteiger partial charge in [0.05, 0.1) is 33.1 Å². The van der Waals surface area contributed by atoms with Crippen LogP contribution in [0.2, 0.25) is 0 Å². The first-order valence-electron chi connectivity index (χ1n) is 8.46. The second-order valence-electron chi connectivity index (χ2n) is 5.62. The van der Waals surface area contributed by atoms with Gasteiger partial charge >= 0.3 is 0 Å². The minimum Gasteiger partial charge on any atom is -0.497 e. The third-order valence-electron chi connectivity index (χ3n) is 3.95. The lowest BCUT2D eigenvalue weighted by Gasteiger charge is -2.25. The fourth-order valence-corrected chi connectivity index (χ4v) is 2.49. The first kappa shape index (κ1) is 20.5. The SMILES string of the molecule is COCCN(CCOC)c1ncnc(Nc2ccc(OC)cc2OC)c1N. The molecule has 0 bridgehead atoms. The Morgan fingerprint density at radius 2 is 1.70 bits per heavy atom. The maximum absolute atomic E-state index is 6.35. The minimum atomic E-state index is 0.433. The fraction of sp³-hybridized carbons (Fsp3) is 0.444. The molecule has 0 radical (unpaired) electrons. The molecule has 2 aromatic rings. The third kappa shape index (κ3) is 5.35. The van der Waals surface area contributed by atoms with Crippen LogP contribution in [-0.2, 0) is 9.47 Å². The number of nitrogens with zero attached hydrogens (tertiary/aromatic N) is 3. The number of anilines is 4. The summed E-state index contributed by atoms with van der Waals surface area (Å²) in [6.07, 6.45) is 1.47. The molecule has 0 spiro atoms. The van der Waals surface area contributed by atoms with E-state index >= 15 is 0 Å². The summed E-state index contributed by atoms with van der Waals surface area (Å²) in [5, 5.41) is 3.20. The third-order valence-corrected chi connectivity index (χ3v) is 3.95. The Bertz CT molecular complexity index is 721. The molecule has 9 nitrogen and oxygen atoms in total. The Kier molecular flexibility index (Phi) is 7.90. The summed E-state index contributed by atoms with van der Waals surface area (Å²) in [6.45, 7) is 2.35. The summed E-state index contributed by atoms with van der Waals surface area (Å²) in [5.41, 5.74) is 7.50. The monoisotopic (exact) mass is 377 g/mol. The number of benzene rings is 1. The van der Waals surface area contributed by atoms with E-state index in [9.17, 15) is 0 Å². The molecule has 0 saturated carbocycles. The highest BCUT2D eigenvalue weighted by Gasteiger charge is 2.16. The molecule has 3 N–H and O–H groups in total. The van der Waals surface area contributed by atoms with E-state index in [0.717, 1.165) is 5.69 Å². The summed E-state index contributed by atoms with van der Waals surface area (Å²) in [6, 6.07) is 5.45. The highest BCUT2D eigenvalue weighted by molar-refractivity contribution is 5.80. The van der Waals surface area contributed by atoms with E-state index in [1.165, 1.54) is 6.33 Å². The number of methoxy groups -OCH3 is 4. The lowest BCUT2D eigenvalue weighted by molar-refractivity contribution is 0.190. The van der Waals surface area contributed by atoms with Crippen LogP contribution in [0.4, 0.5) is 23.0 Å². The zero-order valence-electron chi connectivity index (χ0n) is 16.2. The van der Waals surface area contributed by atoms with Gasteiger partial charge in [0.2, 0.25) is 0 Å². The van der Waals surface area contributed by atoms with Gasteiger partial charge in [-0.2, -0.15) is 0 Å². The molecule has 9 heteroatoms. The average Bonchev–Trinajstić information content (AvgIpc) is 2.70. The van der Waals surface area contributed by atoms with Crippen molar-refractivity contribution in [1.29, 1.82) is 0 Å². The molecule has 0 aliphatic carbocycles. The van der Waals surface area contributed by atoms with E-state index in [1.54, 1.807) is 34.5 Å². The predicted molar refractivity (Wildman–Crippen MR) is 105 cm³/mol. The van der Waals surface area contributed by atoms with Gasteiger partial charge in [0.1, 0.15) is 23.5 Å². The lowest BCUT2D eigenvalue weighted by atomic mass is 10.2. The Morgan fingerprint density at radius 3 is 2.30 bits per heavy atom. The number of rotatable bonds is 11. The van der Waals surface area contributed by atoms with Crippen molar-refractivity contribution in [3.05, 3.63) is 24.5 Å². The molecule has 1 heterocycles. The molecule has 0 fully saturated rings. The van der Waals surface area contributed by atoms with E-state index in [0.29, 0.717) is 55.1 Å². The molecule has 0 aliphatic heterocycles. The molecule has 0 amide bonds. The maximum atomic E-state index is 6.35. The van der Waals surface area contributed by atoms with Gasteiger partial charge in [-0.1, -0.05) is 0 Å². The summed E-state index contributed by atoms with van der Waals surface area (Å²) < 4.78 is 21.0. The van der Waals surface area contributed by atoms with Crippen molar-refractivity contribution in [2.75, 3.05) is 70.7 Å². The highest BCUT2D eigenvalue weighted by Crippen LogP contribution is 2.34. The lowest BCUT2D eigenvalue weighted by Crippen LogP contribution is -2.32.